The lowest BCUT2D eigenvalue weighted by molar-refractivity contribution is 0.0910. The first-order valence-corrected chi connectivity index (χ1v) is 9.66. The fourth-order valence-electron chi connectivity index (χ4n) is 2.72. The molecule has 0 fully saturated rings. The Labute approximate surface area is 140 Å². The van der Waals surface area contributed by atoms with Crippen molar-refractivity contribution in [2.75, 3.05) is 17.6 Å². The molecule has 0 aliphatic heterocycles. The van der Waals surface area contributed by atoms with Crippen LogP contribution in [-0.2, 0) is 10.0 Å². The van der Waals surface area contributed by atoms with Gasteiger partial charge < -0.3 is 5.32 Å². The van der Waals surface area contributed by atoms with Crippen LogP contribution in [0, 0.1) is 18.8 Å². The summed E-state index contributed by atoms with van der Waals surface area (Å²) in [6.45, 7) is 10.1. The number of nitrogens with zero attached hydrogens (tertiary/aromatic N) is 1. The number of amides is 1. The highest BCUT2D eigenvalue weighted by atomic mass is 32.2. The van der Waals surface area contributed by atoms with Gasteiger partial charge in [0.2, 0.25) is 10.0 Å². The zero-order valence-electron chi connectivity index (χ0n) is 15.0. The van der Waals surface area contributed by atoms with Gasteiger partial charge >= 0.3 is 0 Å². The summed E-state index contributed by atoms with van der Waals surface area (Å²) in [6.07, 6.45) is 1.15. The predicted molar refractivity (Wildman–Crippen MR) is 95.4 cm³/mol. The van der Waals surface area contributed by atoms with Crippen LogP contribution in [0.2, 0.25) is 0 Å². The number of carbonyl (C=O) groups is 1. The molecule has 0 aromatic heterocycles. The van der Waals surface area contributed by atoms with Gasteiger partial charge in [-0.15, -0.1) is 0 Å². The minimum Gasteiger partial charge on any atom is -0.349 e. The fourth-order valence-corrected chi connectivity index (χ4v) is 3.28. The van der Waals surface area contributed by atoms with E-state index in [1.807, 2.05) is 0 Å². The lowest BCUT2D eigenvalue weighted by Crippen LogP contribution is -2.42. The maximum Gasteiger partial charge on any atom is 0.251 e. The van der Waals surface area contributed by atoms with Gasteiger partial charge in [-0.2, -0.15) is 0 Å². The molecule has 0 unspecified atom stereocenters. The summed E-state index contributed by atoms with van der Waals surface area (Å²) in [5.41, 5.74) is 1.68. The largest absolute Gasteiger partial charge is 0.349 e. The van der Waals surface area contributed by atoms with Gasteiger partial charge in [0.15, 0.2) is 0 Å². The highest BCUT2D eigenvalue weighted by molar-refractivity contribution is 7.92. The van der Waals surface area contributed by atoms with Crippen LogP contribution in [0.4, 0.5) is 5.69 Å². The molecule has 0 bridgehead atoms. The molecule has 0 radical (unpaired) electrons. The normalized spacial score (nSPS) is 12.1. The number of anilines is 1. The second-order valence-electron chi connectivity index (χ2n) is 6.67. The van der Waals surface area contributed by atoms with Crippen molar-refractivity contribution in [3.05, 3.63) is 29.3 Å². The van der Waals surface area contributed by atoms with Crippen LogP contribution in [0.15, 0.2) is 18.2 Å². The molecule has 1 N–H and O–H groups in total. The molecule has 1 aromatic rings. The summed E-state index contributed by atoms with van der Waals surface area (Å²) in [6, 6.07) is 5.20. The molecule has 1 amide bonds. The van der Waals surface area contributed by atoms with E-state index < -0.39 is 10.0 Å². The first-order chi connectivity index (χ1) is 10.5. The Bertz CT molecular complexity index is 658. The standard InChI is InChI=1S/C17H28N2O3S/c1-11(2)16(12(3)4)18-17(20)14-9-8-10-15(13(14)5)19(6)23(7,21)22/h8-12,16H,1-7H3,(H,18,20). The first kappa shape index (κ1) is 19.5. The molecule has 1 rings (SSSR count). The van der Waals surface area contributed by atoms with Crippen molar-refractivity contribution in [3.63, 3.8) is 0 Å². The average Bonchev–Trinajstić information content (AvgIpc) is 2.42. The van der Waals surface area contributed by atoms with Gasteiger partial charge in [-0.25, -0.2) is 8.42 Å². The van der Waals surface area contributed by atoms with Gasteiger partial charge in [-0.3, -0.25) is 9.10 Å². The maximum absolute atomic E-state index is 12.6. The van der Waals surface area contributed by atoms with Crippen LogP contribution in [0.5, 0.6) is 0 Å². The predicted octanol–water partition coefficient (Wildman–Crippen LogP) is 2.80. The number of benzene rings is 1. The molecule has 5 nitrogen and oxygen atoms in total. The van der Waals surface area contributed by atoms with E-state index in [9.17, 15) is 13.2 Å². The third-order valence-corrected chi connectivity index (χ3v) is 5.31. The highest BCUT2D eigenvalue weighted by Crippen LogP contribution is 2.24. The van der Waals surface area contributed by atoms with Crippen LogP contribution in [-0.4, -0.2) is 33.7 Å². The van der Waals surface area contributed by atoms with Gasteiger partial charge in [0, 0.05) is 18.7 Å². The van der Waals surface area contributed by atoms with E-state index in [2.05, 4.69) is 33.0 Å². The van der Waals surface area contributed by atoms with Crippen molar-refractivity contribution in [3.8, 4) is 0 Å². The van der Waals surface area contributed by atoms with E-state index in [1.54, 1.807) is 25.1 Å². The number of nitrogens with one attached hydrogen (secondary N) is 1. The quantitative estimate of drug-likeness (QED) is 0.866. The molecular weight excluding hydrogens is 312 g/mol. The van der Waals surface area contributed by atoms with Gasteiger partial charge in [0.05, 0.1) is 11.9 Å². The van der Waals surface area contributed by atoms with Crippen molar-refractivity contribution in [1.82, 2.24) is 5.32 Å². The van der Waals surface area contributed by atoms with E-state index in [4.69, 9.17) is 0 Å². The molecule has 6 heteroatoms. The van der Waals surface area contributed by atoms with Gasteiger partial charge in [0.1, 0.15) is 0 Å². The van der Waals surface area contributed by atoms with Crippen molar-refractivity contribution < 1.29 is 13.2 Å². The zero-order valence-corrected chi connectivity index (χ0v) is 15.9. The third-order valence-electron chi connectivity index (χ3n) is 4.12. The minimum absolute atomic E-state index is 0.0678. The average molecular weight is 340 g/mol. The first-order valence-electron chi connectivity index (χ1n) is 7.81. The summed E-state index contributed by atoms with van der Waals surface area (Å²) in [5.74, 6) is 0.473. The number of carbonyl (C=O) groups excluding carboxylic acids is 1. The molecule has 0 heterocycles. The molecular formula is C17H28N2O3S. The minimum atomic E-state index is -3.37. The second-order valence-corrected chi connectivity index (χ2v) is 8.68. The second kappa shape index (κ2) is 7.34. The van der Waals surface area contributed by atoms with Crippen LogP contribution < -0.4 is 9.62 Å². The Kier molecular flexibility index (Phi) is 6.22. The lowest BCUT2D eigenvalue weighted by Gasteiger charge is -2.27. The Morgan fingerprint density at radius 3 is 2.09 bits per heavy atom. The Hall–Kier alpha value is -1.56. The summed E-state index contributed by atoms with van der Waals surface area (Å²) >= 11 is 0. The topological polar surface area (TPSA) is 66.5 Å². The zero-order chi connectivity index (χ0) is 17.9. The van der Waals surface area contributed by atoms with E-state index in [0.717, 1.165) is 6.26 Å². The van der Waals surface area contributed by atoms with Crippen LogP contribution in [0.3, 0.4) is 0 Å². The van der Waals surface area contributed by atoms with Crippen LogP contribution >= 0.6 is 0 Å². The number of sulfonamides is 1. The third kappa shape index (κ3) is 4.70. The molecule has 0 aliphatic rings. The van der Waals surface area contributed by atoms with Crippen LogP contribution in [0.25, 0.3) is 0 Å². The van der Waals surface area contributed by atoms with Gasteiger partial charge in [-0.05, 0) is 36.5 Å². The molecule has 23 heavy (non-hydrogen) atoms. The molecule has 130 valence electrons. The van der Waals surface area contributed by atoms with E-state index in [0.29, 0.717) is 28.7 Å². The van der Waals surface area contributed by atoms with Crippen molar-refractivity contribution in [2.45, 2.75) is 40.7 Å². The number of rotatable bonds is 6. The Morgan fingerprint density at radius 2 is 1.65 bits per heavy atom. The molecule has 0 saturated heterocycles. The monoisotopic (exact) mass is 340 g/mol. The Balaban J connectivity index is 3.17. The summed E-state index contributed by atoms with van der Waals surface area (Å²) in [5, 5.41) is 3.07. The van der Waals surface area contributed by atoms with E-state index in [1.165, 1.54) is 11.4 Å². The molecule has 0 atom stereocenters. The smallest absolute Gasteiger partial charge is 0.251 e. The van der Waals surface area contributed by atoms with Gasteiger partial charge in [0.25, 0.3) is 5.91 Å². The lowest BCUT2D eigenvalue weighted by atomic mass is 9.92. The Morgan fingerprint density at radius 1 is 1.13 bits per heavy atom. The number of hydrogen-bond donors (Lipinski definition) is 1. The maximum atomic E-state index is 12.6. The van der Waals surface area contributed by atoms with Crippen molar-refractivity contribution in [1.29, 1.82) is 0 Å². The van der Waals surface area contributed by atoms with Crippen LogP contribution in [0.1, 0.15) is 43.6 Å². The number of hydrogen-bond acceptors (Lipinski definition) is 3. The molecule has 1 aromatic carbocycles. The highest BCUT2D eigenvalue weighted by Gasteiger charge is 2.23. The molecule has 0 saturated carbocycles. The SMILES string of the molecule is Cc1c(C(=O)NC(C(C)C)C(C)C)cccc1N(C)S(C)(=O)=O. The fraction of sp³-hybridized carbons (Fsp3) is 0.588. The van der Waals surface area contributed by atoms with E-state index >= 15 is 0 Å². The van der Waals surface area contributed by atoms with E-state index in [-0.39, 0.29) is 11.9 Å². The van der Waals surface area contributed by atoms with Crippen molar-refractivity contribution in [2.24, 2.45) is 11.8 Å². The molecule has 0 spiro atoms. The summed E-state index contributed by atoms with van der Waals surface area (Å²) in [7, 11) is -1.88. The van der Waals surface area contributed by atoms with Crippen molar-refractivity contribution >= 4 is 21.6 Å². The molecule has 0 aliphatic carbocycles. The van der Waals surface area contributed by atoms with Gasteiger partial charge in [-0.1, -0.05) is 33.8 Å². The summed E-state index contributed by atoms with van der Waals surface area (Å²) < 4.78 is 24.7. The summed E-state index contributed by atoms with van der Waals surface area (Å²) in [4.78, 5) is 12.6.